The van der Waals surface area contributed by atoms with Gasteiger partial charge in [0.1, 0.15) is 5.60 Å². The zero-order valence-electron chi connectivity index (χ0n) is 18.7. The smallest absolute Gasteiger partial charge is 0.407 e. The molecular formula is C20H42N4O3. The van der Waals surface area contributed by atoms with E-state index in [9.17, 15) is 4.79 Å². The number of carbonyl (C=O) groups is 1. The normalized spacial score (nSPS) is 13.4. The first-order chi connectivity index (χ1) is 12.6. The fourth-order valence-corrected chi connectivity index (χ4v) is 2.60. The van der Waals surface area contributed by atoms with E-state index in [1.54, 1.807) is 14.2 Å². The molecule has 160 valence electrons. The fraction of sp³-hybridized carbons (Fsp3) is 0.900. The van der Waals surface area contributed by atoms with Gasteiger partial charge in [-0.1, -0.05) is 13.8 Å². The first-order valence-electron chi connectivity index (χ1n) is 10.0. The maximum absolute atomic E-state index is 12.1. The number of nitrogens with one attached hydrogen (secondary N) is 2. The monoisotopic (exact) mass is 386 g/mol. The molecular weight excluding hydrogens is 344 g/mol. The van der Waals surface area contributed by atoms with E-state index in [2.05, 4.69) is 34.4 Å². The van der Waals surface area contributed by atoms with Crippen LogP contribution in [0.4, 0.5) is 4.79 Å². The molecule has 0 fully saturated rings. The Morgan fingerprint density at radius 2 is 1.85 bits per heavy atom. The lowest BCUT2D eigenvalue weighted by molar-refractivity contribution is 0.0486. The van der Waals surface area contributed by atoms with Crippen molar-refractivity contribution in [2.24, 2.45) is 10.9 Å². The van der Waals surface area contributed by atoms with Crippen LogP contribution in [-0.2, 0) is 9.47 Å². The third kappa shape index (κ3) is 13.3. The Labute approximate surface area is 166 Å². The highest BCUT2D eigenvalue weighted by Crippen LogP contribution is 2.11. The Morgan fingerprint density at radius 3 is 2.37 bits per heavy atom. The van der Waals surface area contributed by atoms with Crippen LogP contribution in [0.2, 0.25) is 0 Å². The molecule has 1 unspecified atom stereocenters. The lowest BCUT2D eigenvalue weighted by atomic mass is 10.0. The molecule has 27 heavy (non-hydrogen) atoms. The standard InChI is InChI=1S/C20H42N4O3/c1-16(2)17(23-19(25)27-20(3,4)5)12-14-24(7)18(21-6)22-13-10-9-11-15-26-8/h16-17H,9-15H2,1-8H3,(H,21,22)(H,23,25). The minimum Gasteiger partial charge on any atom is -0.444 e. The van der Waals surface area contributed by atoms with Crippen LogP contribution in [0.5, 0.6) is 0 Å². The Kier molecular flexibility index (Phi) is 12.9. The Hall–Kier alpha value is -1.50. The predicted octanol–water partition coefficient (Wildman–Crippen LogP) is 3.25. The van der Waals surface area contributed by atoms with Gasteiger partial charge in [0.15, 0.2) is 5.96 Å². The van der Waals surface area contributed by atoms with Gasteiger partial charge in [-0.05, 0) is 52.4 Å². The summed E-state index contributed by atoms with van der Waals surface area (Å²) in [6.07, 6.45) is 3.77. The summed E-state index contributed by atoms with van der Waals surface area (Å²) < 4.78 is 10.4. The predicted molar refractivity (Wildman–Crippen MR) is 112 cm³/mol. The number of amides is 1. The van der Waals surface area contributed by atoms with Gasteiger partial charge < -0.3 is 25.0 Å². The van der Waals surface area contributed by atoms with Gasteiger partial charge in [-0.25, -0.2) is 4.79 Å². The highest BCUT2D eigenvalue weighted by atomic mass is 16.6. The van der Waals surface area contributed by atoms with Crippen molar-refractivity contribution in [3.05, 3.63) is 0 Å². The number of nitrogens with zero attached hydrogens (tertiary/aromatic N) is 2. The van der Waals surface area contributed by atoms with Crippen LogP contribution in [0.25, 0.3) is 0 Å². The van der Waals surface area contributed by atoms with Crippen LogP contribution < -0.4 is 10.6 Å². The third-order valence-corrected chi connectivity index (χ3v) is 4.16. The SMILES string of the molecule is CN=C(NCCCCCOC)N(C)CCC(NC(=O)OC(C)(C)C)C(C)C. The van der Waals surface area contributed by atoms with E-state index >= 15 is 0 Å². The minimum atomic E-state index is -0.488. The van der Waals surface area contributed by atoms with Crippen molar-refractivity contribution in [2.75, 3.05) is 40.9 Å². The quantitative estimate of drug-likeness (QED) is 0.324. The maximum Gasteiger partial charge on any atom is 0.407 e. The number of hydrogen-bond donors (Lipinski definition) is 2. The van der Waals surface area contributed by atoms with Gasteiger partial charge in [-0.2, -0.15) is 0 Å². The van der Waals surface area contributed by atoms with E-state index in [1.807, 2.05) is 27.8 Å². The molecule has 0 saturated heterocycles. The molecule has 0 heterocycles. The highest BCUT2D eigenvalue weighted by Gasteiger charge is 2.22. The number of rotatable bonds is 11. The van der Waals surface area contributed by atoms with Gasteiger partial charge >= 0.3 is 6.09 Å². The van der Waals surface area contributed by atoms with Gasteiger partial charge in [0.25, 0.3) is 0 Å². The first-order valence-corrected chi connectivity index (χ1v) is 10.0. The first kappa shape index (κ1) is 25.5. The molecule has 0 aromatic heterocycles. The summed E-state index contributed by atoms with van der Waals surface area (Å²) >= 11 is 0. The van der Waals surface area contributed by atoms with Crippen LogP contribution in [0.3, 0.4) is 0 Å². The minimum absolute atomic E-state index is 0.0504. The van der Waals surface area contributed by atoms with Crippen molar-refractivity contribution in [3.63, 3.8) is 0 Å². The van der Waals surface area contributed by atoms with Crippen LogP contribution >= 0.6 is 0 Å². The third-order valence-electron chi connectivity index (χ3n) is 4.16. The lowest BCUT2D eigenvalue weighted by Crippen LogP contribution is -2.45. The summed E-state index contributed by atoms with van der Waals surface area (Å²) in [5.74, 6) is 1.20. The molecule has 0 spiro atoms. The molecule has 0 aromatic rings. The van der Waals surface area contributed by atoms with Gasteiger partial charge in [0.2, 0.25) is 0 Å². The van der Waals surface area contributed by atoms with Crippen LogP contribution in [0.15, 0.2) is 4.99 Å². The number of methoxy groups -OCH3 is 1. The summed E-state index contributed by atoms with van der Waals surface area (Å²) in [6.45, 7) is 12.3. The summed E-state index contributed by atoms with van der Waals surface area (Å²) in [5.41, 5.74) is -0.488. The number of carbonyl (C=O) groups excluding carboxylic acids is 1. The molecule has 0 aliphatic heterocycles. The zero-order chi connectivity index (χ0) is 20.9. The van der Waals surface area contributed by atoms with E-state index in [0.29, 0.717) is 5.92 Å². The molecule has 0 aliphatic rings. The van der Waals surface area contributed by atoms with Crippen molar-refractivity contribution in [2.45, 2.75) is 71.9 Å². The number of guanidine groups is 1. The van der Waals surface area contributed by atoms with Crippen LogP contribution in [0, 0.1) is 5.92 Å². The maximum atomic E-state index is 12.1. The molecule has 0 aliphatic carbocycles. The number of alkyl carbamates (subject to hydrolysis) is 1. The second kappa shape index (κ2) is 13.6. The molecule has 7 heteroatoms. The zero-order valence-corrected chi connectivity index (χ0v) is 18.7. The van der Waals surface area contributed by atoms with Gasteiger partial charge in [-0.3, -0.25) is 4.99 Å². The van der Waals surface area contributed by atoms with Gasteiger partial charge in [0, 0.05) is 46.9 Å². The van der Waals surface area contributed by atoms with Gasteiger partial charge in [0.05, 0.1) is 0 Å². The largest absolute Gasteiger partial charge is 0.444 e. The molecule has 0 aromatic carbocycles. The average molecular weight is 387 g/mol. The molecule has 7 nitrogen and oxygen atoms in total. The van der Waals surface area contributed by atoms with Crippen molar-refractivity contribution >= 4 is 12.1 Å². The van der Waals surface area contributed by atoms with Crippen molar-refractivity contribution in [1.29, 1.82) is 0 Å². The summed E-state index contributed by atoms with van der Waals surface area (Å²) in [6, 6.07) is 0.0504. The molecule has 1 amide bonds. The van der Waals surface area contributed by atoms with E-state index in [4.69, 9.17) is 9.47 Å². The number of unbranched alkanes of at least 4 members (excludes halogenated alkanes) is 2. The summed E-state index contributed by atoms with van der Waals surface area (Å²) in [4.78, 5) is 18.5. The van der Waals surface area contributed by atoms with Crippen LogP contribution in [0.1, 0.15) is 60.3 Å². The second-order valence-corrected chi connectivity index (χ2v) is 8.23. The number of aliphatic imine (C=N–C) groups is 1. The average Bonchev–Trinajstić information content (AvgIpc) is 2.55. The van der Waals surface area contributed by atoms with E-state index in [-0.39, 0.29) is 12.1 Å². The Balaban J connectivity index is 4.36. The second-order valence-electron chi connectivity index (χ2n) is 8.23. The van der Waals surface area contributed by atoms with E-state index in [1.165, 1.54) is 0 Å². The lowest BCUT2D eigenvalue weighted by Gasteiger charge is -2.28. The Morgan fingerprint density at radius 1 is 1.19 bits per heavy atom. The molecule has 2 N–H and O–H groups in total. The van der Waals surface area contributed by atoms with Crippen LogP contribution in [-0.4, -0.2) is 69.5 Å². The molecule has 1 atom stereocenters. The molecule has 0 radical (unpaired) electrons. The molecule has 0 saturated carbocycles. The molecule has 0 rings (SSSR count). The summed E-state index contributed by atoms with van der Waals surface area (Å²) in [7, 11) is 5.55. The van der Waals surface area contributed by atoms with Gasteiger partial charge in [-0.15, -0.1) is 0 Å². The van der Waals surface area contributed by atoms with E-state index < -0.39 is 5.60 Å². The molecule has 0 bridgehead atoms. The fourth-order valence-electron chi connectivity index (χ4n) is 2.60. The van der Waals surface area contributed by atoms with Crippen molar-refractivity contribution in [1.82, 2.24) is 15.5 Å². The summed E-state index contributed by atoms with van der Waals surface area (Å²) in [5, 5.41) is 6.39. The Bertz CT molecular complexity index is 433. The number of hydrogen-bond acceptors (Lipinski definition) is 4. The number of ether oxygens (including phenoxy) is 2. The topological polar surface area (TPSA) is 75.2 Å². The van der Waals surface area contributed by atoms with Crippen molar-refractivity contribution < 1.29 is 14.3 Å². The van der Waals surface area contributed by atoms with Crippen molar-refractivity contribution in [3.8, 4) is 0 Å². The highest BCUT2D eigenvalue weighted by molar-refractivity contribution is 5.79. The van der Waals surface area contributed by atoms with E-state index in [0.717, 1.165) is 51.3 Å².